The van der Waals surface area contributed by atoms with E-state index in [1.807, 2.05) is 0 Å². The van der Waals surface area contributed by atoms with E-state index < -0.39 is 5.97 Å². The van der Waals surface area contributed by atoms with Gasteiger partial charge in [-0.05, 0) is 18.2 Å². The average Bonchev–Trinajstić information content (AvgIpc) is 2.53. The maximum absolute atomic E-state index is 12.1. The van der Waals surface area contributed by atoms with E-state index in [9.17, 15) is 9.59 Å². The van der Waals surface area contributed by atoms with Gasteiger partial charge >= 0.3 is 12.0 Å². The van der Waals surface area contributed by atoms with Gasteiger partial charge in [-0.3, -0.25) is 4.90 Å². The van der Waals surface area contributed by atoms with Gasteiger partial charge in [0.15, 0.2) is 0 Å². The number of morpholine rings is 1. The molecule has 0 radical (unpaired) electrons. The van der Waals surface area contributed by atoms with Crippen LogP contribution in [0.5, 0.6) is 0 Å². The number of anilines is 1. The minimum Gasteiger partial charge on any atom is -0.478 e. The van der Waals surface area contributed by atoms with Gasteiger partial charge in [-0.1, -0.05) is 6.07 Å². The van der Waals surface area contributed by atoms with Crippen LogP contribution in [0.1, 0.15) is 10.4 Å². The smallest absolute Gasteiger partial charge is 0.335 e. The molecule has 0 atom stereocenters. The van der Waals surface area contributed by atoms with Gasteiger partial charge < -0.3 is 20.1 Å². The molecule has 0 aromatic heterocycles. The molecule has 1 fully saturated rings. The van der Waals surface area contributed by atoms with Gasteiger partial charge in [-0.25, -0.2) is 9.59 Å². The number of likely N-dealkylation sites (N-methyl/N-ethyl adjacent to an activating group) is 1. The Morgan fingerprint density at radius 1 is 1.36 bits per heavy atom. The van der Waals surface area contributed by atoms with Crippen molar-refractivity contribution in [3.8, 4) is 0 Å². The number of benzene rings is 1. The first-order valence-corrected chi connectivity index (χ1v) is 7.22. The fourth-order valence-electron chi connectivity index (χ4n) is 2.17. The molecule has 22 heavy (non-hydrogen) atoms. The number of carbonyl (C=O) groups is 2. The Kier molecular flexibility index (Phi) is 5.74. The molecule has 1 aromatic rings. The Balaban J connectivity index is 1.82. The third-order valence-corrected chi connectivity index (χ3v) is 3.56. The fourth-order valence-corrected chi connectivity index (χ4v) is 2.17. The van der Waals surface area contributed by atoms with Gasteiger partial charge in [-0.2, -0.15) is 0 Å². The summed E-state index contributed by atoms with van der Waals surface area (Å²) in [5.74, 6) is -1.02. The Bertz CT molecular complexity index is 529. The van der Waals surface area contributed by atoms with Crippen molar-refractivity contribution in [2.24, 2.45) is 0 Å². The van der Waals surface area contributed by atoms with E-state index in [0.29, 0.717) is 12.2 Å². The molecule has 2 N–H and O–H groups in total. The largest absolute Gasteiger partial charge is 0.478 e. The molecule has 1 saturated heterocycles. The number of carbonyl (C=O) groups excluding carboxylic acids is 1. The highest BCUT2D eigenvalue weighted by Gasteiger charge is 2.14. The molecule has 2 amide bonds. The topological polar surface area (TPSA) is 82.1 Å². The van der Waals surface area contributed by atoms with Crippen LogP contribution < -0.4 is 5.32 Å². The zero-order valence-corrected chi connectivity index (χ0v) is 12.6. The number of rotatable bonds is 5. The zero-order valence-electron chi connectivity index (χ0n) is 12.6. The Morgan fingerprint density at radius 2 is 2.09 bits per heavy atom. The van der Waals surface area contributed by atoms with Gasteiger partial charge in [0.05, 0.1) is 18.8 Å². The van der Waals surface area contributed by atoms with Crippen LogP contribution in [-0.4, -0.2) is 73.3 Å². The molecule has 2 rings (SSSR count). The summed E-state index contributed by atoms with van der Waals surface area (Å²) in [6.07, 6.45) is 0. The lowest BCUT2D eigenvalue weighted by atomic mass is 10.2. The van der Waals surface area contributed by atoms with Crippen molar-refractivity contribution in [2.75, 3.05) is 51.8 Å². The van der Waals surface area contributed by atoms with E-state index in [1.54, 1.807) is 24.1 Å². The number of hydrogen-bond acceptors (Lipinski definition) is 4. The van der Waals surface area contributed by atoms with E-state index in [4.69, 9.17) is 9.84 Å². The summed E-state index contributed by atoms with van der Waals surface area (Å²) in [5, 5.41) is 11.6. The summed E-state index contributed by atoms with van der Waals surface area (Å²) in [5.41, 5.74) is 0.622. The minimum atomic E-state index is -1.02. The number of ether oxygens (including phenoxy) is 1. The first-order chi connectivity index (χ1) is 10.6. The van der Waals surface area contributed by atoms with Crippen molar-refractivity contribution in [3.05, 3.63) is 29.8 Å². The van der Waals surface area contributed by atoms with Crippen molar-refractivity contribution >= 4 is 17.7 Å². The van der Waals surface area contributed by atoms with E-state index in [2.05, 4.69) is 10.2 Å². The third kappa shape index (κ3) is 4.71. The summed E-state index contributed by atoms with van der Waals surface area (Å²) in [7, 11) is 1.72. The van der Waals surface area contributed by atoms with Crippen molar-refractivity contribution in [1.82, 2.24) is 9.80 Å². The van der Waals surface area contributed by atoms with Gasteiger partial charge in [-0.15, -0.1) is 0 Å². The van der Waals surface area contributed by atoms with E-state index in [0.717, 1.165) is 32.8 Å². The van der Waals surface area contributed by atoms with Crippen LogP contribution in [0.3, 0.4) is 0 Å². The maximum atomic E-state index is 12.1. The monoisotopic (exact) mass is 307 g/mol. The molecule has 1 aliphatic heterocycles. The van der Waals surface area contributed by atoms with Crippen LogP contribution in [0, 0.1) is 0 Å². The molecule has 7 heteroatoms. The van der Waals surface area contributed by atoms with Crippen molar-refractivity contribution < 1.29 is 19.4 Å². The normalized spacial score (nSPS) is 15.3. The summed E-state index contributed by atoms with van der Waals surface area (Å²) in [4.78, 5) is 26.8. The molecule has 0 saturated carbocycles. The molecule has 0 aliphatic carbocycles. The average molecular weight is 307 g/mol. The molecule has 1 heterocycles. The molecular formula is C15H21N3O4. The number of nitrogens with one attached hydrogen (secondary N) is 1. The third-order valence-electron chi connectivity index (χ3n) is 3.56. The summed E-state index contributed by atoms with van der Waals surface area (Å²) in [6.45, 7) is 4.63. The number of aromatic carboxylic acids is 1. The Hall–Kier alpha value is -2.12. The van der Waals surface area contributed by atoms with Crippen LogP contribution in [-0.2, 0) is 4.74 Å². The van der Waals surface area contributed by atoms with Crippen LogP contribution in [0.4, 0.5) is 10.5 Å². The van der Waals surface area contributed by atoms with Crippen LogP contribution in [0.2, 0.25) is 0 Å². The van der Waals surface area contributed by atoms with Crippen LogP contribution in [0.25, 0.3) is 0 Å². The second-order valence-electron chi connectivity index (χ2n) is 5.19. The molecule has 0 unspecified atom stereocenters. The van der Waals surface area contributed by atoms with E-state index in [-0.39, 0.29) is 11.6 Å². The molecule has 7 nitrogen and oxygen atoms in total. The Labute approximate surface area is 129 Å². The number of amides is 2. The lowest BCUT2D eigenvalue weighted by molar-refractivity contribution is 0.0359. The van der Waals surface area contributed by atoms with Gasteiger partial charge in [0, 0.05) is 38.9 Å². The summed E-state index contributed by atoms with van der Waals surface area (Å²) >= 11 is 0. The first-order valence-electron chi connectivity index (χ1n) is 7.22. The quantitative estimate of drug-likeness (QED) is 0.853. The van der Waals surface area contributed by atoms with Crippen molar-refractivity contribution in [2.45, 2.75) is 0 Å². The standard InChI is InChI=1S/C15H21N3O4/c1-17(5-6-18-7-9-22-10-8-18)15(21)16-13-4-2-3-12(11-13)14(19)20/h2-4,11H,5-10H2,1H3,(H,16,21)(H,19,20). The zero-order chi connectivity index (χ0) is 15.9. The molecule has 120 valence electrons. The van der Waals surface area contributed by atoms with Gasteiger partial charge in [0.1, 0.15) is 0 Å². The number of carboxylic acids is 1. The number of nitrogens with zero attached hydrogens (tertiary/aromatic N) is 2. The fraction of sp³-hybridized carbons (Fsp3) is 0.467. The molecule has 0 spiro atoms. The summed E-state index contributed by atoms with van der Waals surface area (Å²) in [6, 6.07) is 5.94. The van der Waals surface area contributed by atoms with Gasteiger partial charge in [0.2, 0.25) is 0 Å². The lowest BCUT2D eigenvalue weighted by Crippen LogP contribution is -2.42. The second-order valence-corrected chi connectivity index (χ2v) is 5.19. The summed E-state index contributed by atoms with van der Waals surface area (Å²) < 4.78 is 5.28. The molecular weight excluding hydrogens is 286 g/mol. The van der Waals surface area contributed by atoms with E-state index in [1.165, 1.54) is 12.1 Å². The highest BCUT2D eigenvalue weighted by molar-refractivity contribution is 5.93. The van der Waals surface area contributed by atoms with E-state index >= 15 is 0 Å². The van der Waals surface area contributed by atoms with Crippen LogP contribution in [0.15, 0.2) is 24.3 Å². The van der Waals surface area contributed by atoms with Crippen molar-refractivity contribution in [3.63, 3.8) is 0 Å². The number of hydrogen-bond donors (Lipinski definition) is 2. The second kappa shape index (κ2) is 7.77. The van der Waals surface area contributed by atoms with Crippen molar-refractivity contribution in [1.29, 1.82) is 0 Å². The molecule has 1 aromatic carbocycles. The highest BCUT2D eigenvalue weighted by Crippen LogP contribution is 2.11. The van der Waals surface area contributed by atoms with Gasteiger partial charge in [0.25, 0.3) is 0 Å². The Morgan fingerprint density at radius 3 is 2.77 bits per heavy atom. The SMILES string of the molecule is CN(CCN1CCOCC1)C(=O)Nc1cccc(C(=O)O)c1. The number of carboxylic acid groups (broad SMARTS) is 1. The first kappa shape index (κ1) is 16.3. The highest BCUT2D eigenvalue weighted by atomic mass is 16.5. The number of urea groups is 1. The predicted octanol–water partition coefficient (Wildman–Crippen LogP) is 1.18. The lowest BCUT2D eigenvalue weighted by Gasteiger charge is -2.28. The predicted molar refractivity (Wildman–Crippen MR) is 82.3 cm³/mol. The maximum Gasteiger partial charge on any atom is 0.335 e. The molecule has 0 bridgehead atoms. The molecule has 1 aliphatic rings. The van der Waals surface area contributed by atoms with Crippen LogP contribution >= 0.6 is 0 Å². The minimum absolute atomic E-state index is 0.147.